The first kappa shape index (κ1) is 20.4. The Morgan fingerprint density at radius 1 is 1.07 bits per heavy atom. The van der Waals surface area contributed by atoms with Crippen molar-refractivity contribution in [2.45, 2.75) is 18.7 Å². The number of ether oxygens (including phenoxy) is 1. The van der Waals surface area contributed by atoms with Crippen molar-refractivity contribution >= 4 is 43.9 Å². The van der Waals surface area contributed by atoms with E-state index in [1.165, 1.54) is 16.4 Å². The fraction of sp³-hybridized carbons (Fsp3) is 0.200. The Balaban J connectivity index is 1.89. The summed E-state index contributed by atoms with van der Waals surface area (Å²) >= 11 is 3.43. The first-order chi connectivity index (χ1) is 13.4. The molecule has 1 heterocycles. The van der Waals surface area contributed by atoms with Gasteiger partial charge in [0.05, 0.1) is 4.90 Å². The number of benzene rings is 2. The lowest BCUT2D eigenvalue weighted by Gasteiger charge is -2.18. The molecule has 0 unspecified atom stereocenters. The molecule has 146 valence electrons. The summed E-state index contributed by atoms with van der Waals surface area (Å²) in [5.41, 5.74) is 1.52. The maximum atomic E-state index is 12.6. The van der Waals surface area contributed by atoms with Crippen molar-refractivity contribution in [1.29, 1.82) is 0 Å². The van der Waals surface area contributed by atoms with Gasteiger partial charge in [-0.05, 0) is 42.0 Å². The molecule has 6 nitrogen and oxygen atoms in total. The minimum Gasteiger partial charge on any atom is -0.402 e. The van der Waals surface area contributed by atoms with Gasteiger partial charge in [-0.3, -0.25) is 0 Å². The van der Waals surface area contributed by atoms with Crippen LogP contribution in [-0.2, 0) is 19.6 Å². The van der Waals surface area contributed by atoms with Gasteiger partial charge in [0.1, 0.15) is 0 Å². The molecule has 28 heavy (non-hydrogen) atoms. The van der Waals surface area contributed by atoms with Crippen LogP contribution < -0.4 is 0 Å². The monoisotopic (exact) mass is 462 g/mol. The molecule has 1 aliphatic heterocycles. The normalized spacial score (nSPS) is 15.8. The second-order valence-electron chi connectivity index (χ2n) is 5.97. The Hall–Kier alpha value is -2.29. The molecule has 0 N–H and O–H groups in total. The lowest BCUT2D eigenvalue weighted by atomic mass is 10.2. The van der Waals surface area contributed by atoms with E-state index < -0.39 is 16.0 Å². The van der Waals surface area contributed by atoms with Crippen molar-refractivity contribution in [1.82, 2.24) is 4.31 Å². The van der Waals surface area contributed by atoms with E-state index in [2.05, 4.69) is 20.9 Å². The largest absolute Gasteiger partial charge is 0.402 e. The van der Waals surface area contributed by atoms with Gasteiger partial charge in [0.2, 0.25) is 15.9 Å². The topological polar surface area (TPSA) is 76.0 Å². The van der Waals surface area contributed by atoms with E-state index in [-0.39, 0.29) is 16.5 Å². The average molecular weight is 463 g/mol. The highest BCUT2D eigenvalue weighted by molar-refractivity contribution is 9.10. The summed E-state index contributed by atoms with van der Waals surface area (Å²) in [5.74, 6) is -0.402. The van der Waals surface area contributed by atoms with Gasteiger partial charge in [-0.15, -0.1) is 0 Å². The van der Waals surface area contributed by atoms with Crippen LogP contribution in [0.5, 0.6) is 0 Å². The minimum atomic E-state index is -3.54. The Labute approximate surface area is 172 Å². The molecule has 0 spiro atoms. The Morgan fingerprint density at radius 3 is 2.32 bits per heavy atom. The maximum Gasteiger partial charge on any atom is 0.363 e. The molecule has 0 amide bonds. The number of aliphatic imine (C=N–C) groups is 1. The number of hydrogen-bond donors (Lipinski definition) is 0. The van der Waals surface area contributed by atoms with Crippen LogP contribution in [0.3, 0.4) is 0 Å². The Bertz CT molecular complexity index is 1060. The number of hydrogen-bond acceptors (Lipinski definition) is 5. The van der Waals surface area contributed by atoms with Crippen LogP contribution in [0.1, 0.15) is 25.0 Å². The Morgan fingerprint density at radius 2 is 1.71 bits per heavy atom. The van der Waals surface area contributed by atoms with E-state index in [9.17, 15) is 13.2 Å². The predicted molar refractivity (Wildman–Crippen MR) is 111 cm³/mol. The molecule has 0 bridgehead atoms. The molecular formula is C20H19BrN2O4S. The summed E-state index contributed by atoms with van der Waals surface area (Å²) in [4.78, 5) is 16.6. The number of carbonyl (C=O) groups is 1. The van der Waals surface area contributed by atoms with E-state index in [1.54, 1.807) is 32.1 Å². The molecule has 0 fully saturated rings. The number of halogens is 1. The maximum absolute atomic E-state index is 12.6. The summed E-state index contributed by atoms with van der Waals surface area (Å²) in [6, 6.07) is 13.6. The second-order valence-corrected chi connectivity index (χ2v) is 8.76. The van der Waals surface area contributed by atoms with Crippen molar-refractivity contribution in [3.8, 4) is 0 Å². The highest BCUT2D eigenvalue weighted by Gasteiger charge is 2.26. The van der Waals surface area contributed by atoms with E-state index in [0.717, 1.165) is 10.0 Å². The highest BCUT2D eigenvalue weighted by atomic mass is 79.9. The third-order valence-electron chi connectivity index (χ3n) is 4.26. The Kier molecular flexibility index (Phi) is 6.12. The van der Waals surface area contributed by atoms with Gasteiger partial charge in [0.15, 0.2) is 5.70 Å². The SMILES string of the molecule is CCN(CC)S(=O)(=O)c1ccc(C2=N/C(=C\c3ccccc3Br)C(=O)O2)cc1. The first-order valence-corrected chi connectivity index (χ1v) is 11.0. The average Bonchev–Trinajstić information content (AvgIpc) is 3.05. The van der Waals surface area contributed by atoms with E-state index in [0.29, 0.717) is 18.7 Å². The number of sulfonamides is 1. The van der Waals surface area contributed by atoms with E-state index in [4.69, 9.17) is 4.74 Å². The third-order valence-corrected chi connectivity index (χ3v) is 7.05. The second kappa shape index (κ2) is 8.38. The first-order valence-electron chi connectivity index (χ1n) is 8.74. The van der Waals surface area contributed by atoms with Gasteiger partial charge in [-0.1, -0.05) is 48.0 Å². The zero-order valence-corrected chi connectivity index (χ0v) is 17.8. The van der Waals surface area contributed by atoms with Crippen molar-refractivity contribution in [2.24, 2.45) is 4.99 Å². The fourth-order valence-corrected chi connectivity index (χ4v) is 4.61. The van der Waals surface area contributed by atoms with Gasteiger partial charge in [0, 0.05) is 23.1 Å². The van der Waals surface area contributed by atoms with Crippen molar-refractivity contribution in [3.63, 3.8) is 0 Å². The molecule has 0 radical (unpaired) electrons. The minimum absolute atomic E-state index is 0.148. The smallest absolute Gasteiger partial charge is 0.363 e. The molecule has 1 aliphatic rings. The van der Waals surface area contributed by atoms with E-state index >= 15 is 0 Å². The van der Waals surface area contributed by atoms with Gasteiger partial charge >= 0.3 is 5.97 Å². The molecule has 0 aromatic heterocycles. The van der Waals surface area contributed by atoms with Gasteiger partial charge in [-0.2, -0.15) is 4.31 Å². The molecule has 0 saturated heterocycles. The van der Waals surface area contributed by atoms with Crippen molar-refractivity contribution < 1.29 is 17.9 Å². The molecule has 2 aromatic rings. The van der Waals surface area contributed by atoms with Crippen LogP contribution in [0.2, 0.25) is 0 Å². The van der Waals surface area contributed by atoms with Gasteiger partial charge in [-0.25, -0.2) is 18.2 Å². The zero-order valence-electron chi connectivity index (χ0n) is 15.4. The summed E-state index contributed by atoms with van der Waals surface area (Å²) in [6.07, 6.45) is 1.64. The lowest BCUT2D eigenvalue weighted by molar-refractivity contribution is -0.129. The fourth-order valence-electron chi connectivity index (χ4n) is 2.75. The van der Waals surface area contributed by atoms with Crippen LogP contribution in [0.25, 0.3) is 6.08 Å². The molecule has 0 atom stereocenters. The lowest BCUT2D eigenvalue weighted by Crippen LogP contribution is -2.30. The number of cyclic esters (lactones) is 1. The molecule has 0 aliphatic carbocycles. The number of carbonyl (C=O) groups excluding carboxylic acids is 1. The summed E-state index contributed by atoms with van der Waals surface area (Å²) in [5, 5.41) is 0. The number of rotatable bonds is 6. The summed E-state index contributed by atoms with van der Waals surface area (Å²) in [6.45, 7) is 4.38. The van der Waals surface area contributed by atoms with E-state index in [1.807, 2.05) is 24.3 Å². The highest BCUT2D eigenvalue weighted by Crippen LogP contribution is 2.24. The molecular weight excluding hydrogens is 444 g/mol. The predicted octanol–water partition coefficient (Wildman–Crippen LogP) is 3.82. The number of esters is 1. The van der Waals surface area contributed by atoms with Crippen LogP contribution in [0.4, 0.5) is 0 Å². The molecule has 0 saturated carbocycles. The summed E-state index contributed by atoms with van der Waals surface area (Å²) < 4.78 is 32.6. The van der Waals surface area contributed by atoms with Crippen LogP contribution in [0, 0.1) is 0 Å². The standard InChI is InChI=1S/C20H19BrN2O4S/c1-3-23(4-2)28(25,26)16-11-9-14(10-12-16)19-22-18(20(24)27-19)13-15-7-5-6-8-17(15)21/h5-13H,3-4H2,1-2H3/b18-13-. The summed E-state index contributed by atoms with van der Waals surface area (Å²) in [7, 11) is -3.54. The van der Waals surface area contributed by atoms with Crippen LogP contribution in [-0.4, -0.2) is 37.7 Å². The van der Waals surface area contributed by atoms with Crippen LogP contribution >= 0.6 is 15.9 Å². The van der Waals surface area contributed by atoms with Crippen molar-refractivity contribution in [2.75, 3.05) is 13.1 Å². The molecule has 8 heteroatoms. The van der Waals surface area contributed by atoms with Gasteiger partial charge < -0.3 is 4.74 Å². The third kappa shape index (κ3) is 4.09. The van der Waals surface area contributed by atoms with Gasteiger partial charge in [0.25, 0.3) is 0 Å². The number of nitrogens with zero attached hydrogens (tertiary/aromatic N) is 2. The molecule has 3 rings (SSSR count). The van der Waals surface area contributed by atoms with Crippen molar-refractivity contribution in [3.05, 3.63) is 69.8 Å². The van der Waals surface area contributed by atoms with Crippen LogP contribution in [0.15, 0.2) is 68.6 Å². The molecule has 2 aromatic carbocycles. The quantitative estimate of drug-likeness (QED) is 0.482. The zero-order chi connectivity index (χ0) is 20.3.